The summed E-state index contributed by atoms with van der Waals surface area (Å²) in [4.78, 5) is 0. The normalized spacial score (nSPS) is 12.0. The van der Waals surface area contributed by atoms with Crippen LogP contribution in [0.25, 0.3) is 0 Å². The van der Waals surface area contributed by atoms with Crippen molar-refractivity contribution in [2.24, 2.45) is 0 Å². The Hall–Kier alpha value is 0.949. The number of rotatable bonds is 10. The van der Waals surface area contributed by atoms with E-state index in [9.17, 15) is 0 Å². The van der Waals surface area contributed by atoms with Crippen LogP contribution in [0.2, 0.25) is 5.82 Å². The monoisotopic (exact) mass is 297 g/mol. The first-order valence-electron chi connectivity index (χ1n) is 6.66. The molecular formula is C13H30PSe+. The van der Waals surface area contributed by atoms with Crippen LogP contribution in [0.5, 0.6) is 0 Å². The Morgan fingerprint density at radius 1 is 0.733 bits per heavy atom. The quantitative estimate of drug-likeness (QED) is 0.390. The van der Waals surface area contributed by atoms with Crippen molar-refractivity contribution in [1.82, 2.24) is 0 Å². The van der Waals surface area contributed by atoms with Crippen molar-refractivity contribution >= 4 is 20.5 Å². The van der Waals surface area contributed by atoms with Crippen molar-refractivity contribution in [3.63, 3.8) is 0 Å². The van der Waals surface area contributed by atoms with E-state index >= 15 is 0 Å². The summed E-state index contributed by atoms with van der Waals surface area (Å²) in [6, 6.07) is 0. The Balaban J connectivity index is 4.16. The number of hydrogen-bond acceptors (Lipinski definition) is 0. The summed E-state index contributed by atoms with van der Waals surface area (Å²) in [5, 5.41) is 0. The zero-order chi connectivity index (χ0) is 11.6. The van der Waals surface area contributed by atoms with Crippen molar-refractivity contribution in [3.05, 3.63) is 0 Å². The van der Waals surface area contributed by atoms with Crippen LogP contribution in [0, 0.1) is 0 Å². The van der Waals surface area contributed by atoms with Gasteiger partial charge in [0.25, 0.3) is 0 Å². The van der Waals surface area contributed by atoms with Gasteiger partial charge in [-0.15, -0.1) is 0 Å². The fraction of sp³-hybridized carbons (Fsp3) is 1.00. The van der Waals surface area contributed by atoms with E-state index in [4.69, 9.17) is 0 Å². The molecule has 0 aliphatic rings. The van der Waals surface area contributed by atoms with Crippen LogP contribution in [0.4, 0.5) is 0 Å². The van der Waals surface area contributed by atoms with E-state index in [1.54, 1.807) is 18.5 Å². The summed E-state index contributed by atoms with van der Waals surface area (Å²) in [7, 11) is 0. The van der Waals surface area contributed by atoms with Gasteiger partial charge in [-0.25, -0.2) is 0 Å². The van der Waals surface area contributed by atoms with Crippen molar-refractivity contribution in [2.75, 3.05) is 18.5 Å². The van der Waals surface area contributed by atoms with Gasteiger partial charge in [-0.1, -0.05) is 0 Å². The van der Waals surface area contributed by atoms with E-state index < -0.39 is 5.95 Å². The van der Waals surface area contributed by atoms with Crippen molar-refractivity contribution in [3.8, 4) is 0 Å². The summed E-state index contributed by atoms with van der Waals surface area (Å²) in [5.74, 6) is 2.05. The second-order valence-electron chi connectivity index (χ2n) is 4.47. The Labute approximate surface area is 104 Å². The molecule has 0 unspecified atom stereocenters. The SMILES string of the molecule is CCCC[P+](CCCC)(CCCC)[Se]C. The van der Waals surface area contributed by atoms with Crippen molar-refractivity contribution in [1.29, 1.82) is 0 Å². The van der Waals surface area contributed by atoms with E-state index in [-0.39, 0.29) is 0 Å². The molecule has 0 fully saturated rings. The molecule has 0 aromatic carbocycles. The molecule has 0 rings (SSSR count). The van der Waals surface area contributed by atoms with Gasteiger partial charge in [-0.3, -0.25) is 0 Å². The van der Waals surface area contributed by atoms with Crippen molar-refractivity contribution in [2.45, 2.75) is 65.1 Å². The Bertz CT molecular complexity index is 115. The second kappa shape index (κ2) is 10.1. The standard InChI is InChI=1S/C13H30PSe/c1-5-8-11-14(15-4,12-9-6-2)13-10-7-3/h5-13H2,1-4H3/q+1. The third kappa shape index (κ3) is 6.98. The van der Waals surface area contributed by atoms with Crippen LogP contribution < -0.4 is 0 Å². The molecule has 0 aliphatic carbocycles. The van der Waals surface area contributed by atoms with Gasteiger partial charge in [0, 0.05) is 0 Å². The summed E-state index contributed by atoms with van der Waals surface area (Å²) in [5.41, 5.74) is 0. The molecule has 0 aromatic heterocycles. The van der Waals surface area contributed by atoms with Crippen LogP contribution in [0.3, 0.4) is 0 Å². The zero-order valence-corrected chi connectivity index (χ0v) is 13.8. The van der Waals surface area contributed by atoms with Gasteiger partial charge in [-0.2, -0.15) is 0 Å². The van der Waals surface area contributed by atoms with Gasteiger partial charge >= 0.3 is 104 Å². The molecule has 0 aromatic rings. The summed E-state index contributed by atoms with van der Waals surface area (Å²) >= 11 is 0.951. The first-order chi connectivity index (χ1) is 7.24. The average molecular weight is 296 g/mol. The minimum absolute atomic E-state index is 0.464. The second-order valence-corrected chi connectivity index (χ2v) is 15.5. The number of hydrogen-bond donors (Lipinski definition) is 0. The average Bonchev–Trinajstić information content (AvgIpc) is 2.29. The molecule has 0 aliphatic heterocycles. The summed E-state index contributed by atoms with van der Waals surface area (Å²) in [6.07, 6.45) is 13.5. The molecule has 15 heavy (non-hydrogen) atoms. The minimum atomic E-state index is -0.464. The maximum absolute atomic E-state index is 2.52. The maximum atomic E-state index is 2.52. The fourth-order valence-electron chi connectivity index (χ4n) is 1.95. The van der Waals surface area contributed by atoms with E-state index in [0.717, 1.165) is 14.5 Å². The van der Waals surface area contributed by atoms with E-state index in [1.807, 2.05) is 0 Å². The third-order valence-corrected chi connectivity index (χ3v) is 15.6. The molecule has 0 nitrogen and oxygen atoms in total. The Kier molecular flexibility index (Phi) is 10.8. The number of unbranched alkanes of at least 4 members (excludes halogenated alkanes) is 3. The van der Waals surface area contributed by atoms with Crippen LogP contribution >= 0.6 is 5.95 Å². The van der Waals surface area contributed by atoms with Gasteiger partial charge in [0.1, 0.15) is 0 Å². The molecular weight excluding hydrogens is 266 g/mol. The van der Waals surface area contributed by atoms with Crippen LogP contribution in [-0.2, 0) is 0 Å². The molecule has 0 saturated carbocycles. The van der Waals surface area contributed by atoms with E-state index in [2.05, 4.69) is 26.6 Å². The molecule has 0 bridgehead atoms. The van der Waals surface area contributed by atoms with Gasteiger partial charge in [-0.05, 0) is 0 Å². The van der Waals surface area contributed by atoms with E-state index in [1.165, 1.54) is 38.5 Å². The van der Waals surface area contributed by atoms with Crippen LogP contribution in [0.1, 0.15) is 59.3 Å². The predicted molar refractivity (Wildman–Crippen MR) is 77.9 cm³/mol. The molecule has 2 heteroatoms. The Morgan fingerprint density at radius 3 is 1.27 bits per heavy atom. The summed E-state index contributed by atoms with van der Waals surface area (Å²) in [6.45, 7) is 7.03. The van der Waals surface area contributed by atoms with Crippen LogP contribution in [0.15, 0.2) is 0 Å². The topological polar surface area (TPSA) is 0 Å². The third-order valence-electron chi connectivity index (χ3n) is 3.14. The molecule has 0 amide bonds. The molecule has 92 valence electrons. The molecule has 0 N–H and O–H groups in total. The molecule has 0 atom stereocenters. The van der Waals surface area contributed by atoms with Gasteiger partial charge in [0.05, 0.1) is 0 Å². The first kappa shape index (κ1) is 15.9. The van der Waals surface area contributed by atoms with Gasteiger partial charge in [0.15, 0.2) is 0 Å². The predicted octanol–water partition coefficient (Wildman–Crippen LogP) is 5.07. The van der Waals surface area contributed by atoms with Gasteiger partial charge in [0.2, 0.25) is 0 Å². The molecule has 0 heterocycles. The summed E-state index contributed by atoms with van der Waals surface area (Å²) < 4.78 is 0. The fourth-order valence-corrected chi connectivity index (χ4v) is 11.7. The first-order valence-corrected chi connectivity index (χ1v) is 12.9. The van der Waals surface area contributed by atoms with Gasteiger partial charge < -0.3 is 0 Å². The van der Waals surface area contributed by atoms with Crippen molar-refractivity contribution < 1.29 is 0 Å². The van der Waals surface area contributed by atoms with E-state index in [0.29, 0.717) is 0 Å². The molecule has 0 radical (unpaired) electrons. The zero-order valence-electron chi connectivity index (χ0n) is 11.2. The molecule has 0 saturated heterocycles. The Morgan fingerprint density at radius 2 is 1.07 bits per heavy atom. The van der Waals surface area contributed by atoms with Crippen LogP contribution in [-0.4, -0.2) is 33.0 Å². The molecule has 0 spiro atoms.